The molecule has 10 nitrogen and oxygen atoms in total. The van der Waals surface area contributed by atoms with Gasteiger partial charge in [0.15, 0.2) is 11.5 Å². The van der Waals surface area contributed by atoms with Crippen LogP contribution in [-0.2, 0) is 0 Å². The largest absolute Gasteiger partial charge is 0.486 e. The molecule has 154 valence electrons. The zero-order valence-corrected chi connectivity index (χ0v) is 17.3. The van der Waals surface area contributed by atoms with Crippen LogP contribution < -0.4 is 14.8 Å². The average Bonchev–Trinajstić information content (AvgIpc) is 3.27. The summed E-state index contributed by atoms with van der Waals surface area (Å²) in [5.74, 6) is 0.792. The van der Waals surface area contributed by atoms with Gasteiger partial charge in [0.05, 0.1) is 11.0 Å². The third kappa shape index (κ3) is 3.83. The topological polar surface area (TPSA) is 121 Å². The van der Waals surface area contributed by atoms with Gasteiger partial charge in [-0.3, -0.25) is 14.9 Å². The average molecular weight is 474 g/mol. The number of nitro groups is 1. The van der Waals surface area contributed by atoms with E-state index in [1.807, 2.05) is 6.92 Å². The first-order valence-corrected chi connectivity index (χ1v) is 9.76. The lowest BCUT2D eigenvalue weighted by Crippen LogP contribution is -2.27. The van der Waals surface area contributed by atoms with Gasteiger partial charge < -0.3 is 14.8 Å². The molecule has 11 heteroatoms. The summed E-state index contributed by atoms with van der Waals surface area (Å²) >= 11 is 3.49. The van der Waals surface area contributed by atoms with Crippen molar-refractivity contribution in [2.24, 2.45) is 0 Å². The quantitative estimate of drug-likeness (QED) is 0.445. The number of nitro benzene ring substituents is 1. The van der Waals surface area contributed by atoms with Crippen LogP contribution in [0.4, 0.5) is 5.69 Å². The standard InChI is InChI=1S/C19H16BrN5O5/c1-11(13-7-17-18(8-14(13)20)30-5-4-29-17)23-19(26)12-2-3-15(16(6-12)25(27)28)24-10-21-9-22-24/h2-3,6-11H,4-5H2,1H3,(H,23,26). The Labute approximate surface area is 179 Å². The number of ether oxygens (including phenoxy) is 2. The van der Waals surface area contributed by atoms with Gasteiger partial charge in [-0.05, 0) is 36.8 Å². The minimum atomic E-state index is -0.561. The fourth-order valence-corrected chi connectivity index (χ4v) is 3.77. The lowest BCUT2D eigenvalue weighted by atomic mass is 10.1. The number of halogens is 1. The Morgan fingerprint density at radius 1 is 1.27 bits per heavy atom. The third-order valence-electron chi connectivity index (χ3n) is 4.58. The van der Waals surface area contributed by atoms with Crippen LogP contribution in [0.1, 0.15) is 28.9 Å². The molecule has 1 unspecified atom stereocenters. The number of hydrogen-bond donors (Lipinski definition) is 1. The normalized spacial score (nSPS) is 13.5. The summed E-state index contributed by atoms with van der Waals surface area (Å²) in [6.07, 6.45) is 2.63. The molecule has 1 aromatic heterocycles. The maximum atomic E-state index is 12.8. The lowest BCUT2D eigenvalue weighted by molar-refractivity contribution is -0.384. The van der Waals surface area contributed by atoms with E-state index in [0.29, 0.717) is 24.7 Å². The molecule has 0 saturated carbocycles. The van der Waals surface area contributed by atoms with Crippen LogP contribution in [0, 0.1) is 10.1 Å². The molecule has 0 aliphatic carbocycles. The molecule has 1 aliphatic heterocycles. The molecule has 2 aromatic carbocycles. The van der Waals surface area contributed by atoms with Crippen molar-refractivity contribution in [3.8, 4) is 17.2 Å². The smallest absolute Gasteiger partial charge is 0.295 e. The molecule has 30 heavy (non-hydrogen) atoms. The first kappa shape index (κ1) is 19.8. The molecule has 3 aromatic rings. The van der Waals surface area contributed by atoms with Gasteiger partial charge in [-0.2, -0.15) is 5.10 Å². The minimum Gasteiger partial charge on any atom is -0.486 e. The molecule has 0 spiro atoms. The van der Waals surface area contributed by atoms with Crippen LogP contribution in [0.25, 0.3) is 5.69 Å². The minimum absolute atomic E-state index is 0.158. The zero-order valence-electron chi connectivity index (χ0n) is 15.7. The molecule has 1 amide bonds. The van der Waals surface area contributed by atoms with E-state index in [-0.39, 0.29) is 16.9 Å². The van der Waals surface area contributed by atoms with Crippen molar-refractivity contribution < 1.29 is 19.2 Å². The number of carbonyl (C=O) groups is 1. The van der Waals surface area contributed by atoms with Gasteiger partial charge in [-0.15, -0.1) is 0 Å². The molecular weight excluding hydrogens is 458 g/mol. The van der Waals surface area contributed by atoms with E-state index < -0.39 is 16.9 Å². The van der Waals surface area contributed by atoms with Crippen molar-refractivity contribution in [2.45, 2.75) is 13.0 Å². The van der Waals surface area contributed by atoms with Crippen molar-refractivity contribution in [1.29, 1.82) is 0 Å². The van der Waals surface area contributed by atoms with E-state index >= 15 is 0 Å². The molecule has 1 atom stereocenters. The van der Waals surface area contributed by atoms with Crippen LogP contribution in [0.5, 0.6) is 11.5 Å². The zero-order chi connectivity index (χ0) is 21.3. The molecule has 0 saturated heterocycles. The van der Waals surface area contributed by atoms with Crippen LogP contribution in [-0.4, -0.2) is 38.8 Å². The molecule has 4 rings (SSSR count). The number of fused-ring (bicyclic) bond motifs is 1. The lowest BCUT2D eigenvalue weighted by Gasteiger charge is -2.22. The van der Waals surface area contributed by atoms with Gasteiger partial charge in [-0.1, -0.05) is 15.9 Å². The summed E-state index contributed by atoms with van der Waals surface area (Å²) < 4.78 is 13.2. The molecule has 0 bridgehead atoms. The Balaban J connectivity index is 1.58. The van der Waals surface area contributed by atoms with Crippen LogP contribution in [0.2, 0.25) is 0 Å². The first-order valence-electron chi connectivity index (χ1n) is 8.97. The Kier molecular flexibility index (Phi) is 5.36. The van der Waals surface area contributed by atoms with Crippen molar-refractivity contribution in [2.75, 3.05) is 13.2 Å². The van der Waals surface area contributed by atoms with Gasteiger partial charge in [0, 0.05) is 16.1 Å². The van der Waals surface area contributed by atoms with Crippen LogP contribution in [0.3, 0.4) is 0 Å². The second-order valence-electron chi connectivity index (χ2n) is 6.51. The highest BCUT2D eigenvalue weighted by Gasteiger charge is 2.22. The fourth-order valence-electron chi connectivity index (χ4n) is 3.11. The summed E-state index contributed by atoms with van der Waals surface area (Å²) in [5.41, 5.74) is 0.922. The second-order valence-corrected chi connectivity index (χ2v) is 7.37. The molecule has 2 heterocycles. The number of carbonyl (C=O) groups excluding carboxylic acids is 1. The summed E-state index contributed by atoms with van der Waals surface area (Å²) in [7, 11) is 0. The van der Waals surface area contributed by atoms with Gasteiger partial charge >= 0.3 is 0 Å². The van der Waals surface area contributed by atoms with Crippen LogP contribution >= 0.6 is 15.9 Å². The van der Waals surface area contributed by atoms with Gasteiger partial charge in [0.1, 0.15) is 31.6 Å². The number of amides is 1. The van der Waals surface area contributed by atoms with Crippen molar-refractivity contribution in [1.82, 2.24) is 20.1 Å². The summed E-state index contributed by atoms with van der Waals surface area (Å²) in [6.45, 7) is 2.75. The van der Waals surface area contributed by atoms with E-state index in [0.717, 1.165) is 10.0 Å². The van der Waals surface area contributed by atoms with E-state index in [9.17, 15) is 14.9 Å². The maximum Gasteiger partial charge on any atom is 0.295 e. The monoisotopic (exact) mass is 473 g/mol. The summed E-state index contributed by atoms with van der Waals surface area (Å²) in [5, 5.41) is 18.3. The predicted molar refractivity (Wildman–Crippen MR) is 109 cm³/mol. The Morgan fingerprint density at radius 2 is 2.00 bits per heavy atom. The highest BCUT2D eigenvalue weighted by Crippen LogP contribution is 2.38. The fraction of sp³-hybridized carbons (Fsp3) is 0.211. The highest BCUT2D eigenvalue weighted by molar-refractivity contribution is 9.10. The number of benzene rings is 2. The van der Waals surface area contributed by atoms with E-state index in [2.05, 4.69) is 31.3 Å². The van der Waals surface area contributed by atoms with E-state index in [1.165, 1.54) is 35.5 Å². The number of rotatable bonds is 5. The molecular formula is C19H16BrN5O5. The highest BCUT2D eigenvalue weighted by atomic mass is 79.9. The summed E-state index contributed by atoms with van der Waals surface area (Å²) in [6, 6.07) is 7.40. The third-order valence-corrected chi connectivity index (χ3v) is 5.26. The summed E-state index contributed by atoms with van der Waals surface area (Å²) in [4.78, 5) is 27.5. The van der Waals surface area contributed by atoms with Gasteiger partial charge in [0.25, 0.3) is 11.6 Å². The first-order chi connectivity index (χ1) is 14.4. The number of hydrogen-bond acceptors (Lipinski definition) is 7. The van der Waals surface area contributed by atoms with Crippen molar-refractivity contribution in [3.63, 3.8) is 0 Å². The van der Waals surface area contributed by atoms with E-state index in [1.54, 1.807) is 12.1 Å². The van der Waals surface area contributed by atoms with Gasteiger partial charge in [0.2, 0.25) is 0 Å². The number of nitrogens with zero attached hydrogens (tertiary/aromatic N) is 4. The van der Waals surface area contributed by atoms with Gasteiger partial charge in [-0.25, -0.2) is 9.67 Å². The molecule has 0 radical (unpaired) electrons. The predicted octanol–water partition coefficient (Wildman–Crippen LogP) is 3.20. The number of nitrogens with one attached hydrogen (secondary N) is 1. The SMILES string of the molecule is CC(NC(=O)c1ccc(-n2cncn2)c([N+](=O)[O-])c1)c1cc2c(cc1Br)OCCO2. The molecule has 0 fully saturated rings. The number of aromatic nitrogens is 3. The molecule has 1 N–H and O–H groups in total. The Hall–Kier alpha value is -3.47. The van der Waals surface area contributed by atoms with Crippen molar-refractivity contribution in [3.05, 3.63) is 68.7 Å². The van der Waals surface area contributed by atoms with Crippen molar-refractivity contribution >= 4 is 27.5 Å². The second kappa shape index (κ2) is 8.11. The molecule has 1 aliphatic rings. The maximum absolute atomic E-state index is 12.8. The Bertz CT molecular complexity index is 1120. The van der Waals surface area contributed by atoms with E-state index in [4.69, 9.17) is 9.47 Å². The van der Waals surface area contributed by atoms with Crippen LogP contribution in [0.15, 0.2) is 47.5 Å². The Morgan fingerprint density at radius 3 is 2.67 bits per heavy atom.